The van der Waals surface area contributed by atoms with Gasteiger partial charge in [0.15, 0.2) is 0 Å². The van der Waals surface area contributed by atoms with Crippen molar-refractivity contribution in [2.24, 2.45) is 5.10 Å². The van der Waals surface area contributed by atoms with Crippen molar-refractivity contribution >= 4 is 18.1 Å². The third-order valence-corrected chi connectivity index (χ3v) is 3.99. The van der Waals surface area contributed by atoms with Gasteiger partial charge >= 0.3 is 5.97 Å². The molecular weight excluding hydrogens is 372 g/mol. The number of aromatic carboxylic acids is 1. The lowest BCUT2D eigenvalue weighted by molar-refractivity contribution is 0.0696. The Balaban J connectivity index is 1.63. The summed E-state index contributed by atoms with van der Waals surface area (Å²) in [5.41, 5.74) is 4.38. The molecule has 0 fully saturated rings. The smallest absolute Gasteiger partial charge is 0.335 e. The lowest BCUT2D eigenvalue weighted by Gasteiger charge is -2.09. The molecule has 0 aliphatic carbocycles. The van der Waals surface area contributed by atoms with E-state index in [9.17, 15) is 14.7 Å². The summed E-state index contributed by atoms with van der Waals surface area (Å²) in [5.74, 6) is -0.872. The minimum atomic E-state index is -0.980. The molecule has 0 saturated heterocycles. The van der Waals surface area contributed by atoms with E-state index >= 15 is 0 Å². The van der Waals surface area contributed by atoms with Crippen molar-refractivity contribution in [1.82, 2.24) is 5.43 Å². The van der Waals surface area contributed by atoms with Crippen LogP contribution >= 0.6 is 0 Å². The lowest BCUT2D eigenvalue weighted by atomic mass is 10.1. The van der Waals surface area contributed by atoms with Crippen molar-refractivity contribution in [2.75, 3.05) is 0 Å². The first-order chi connectivity index (χ1) is 14.0. The van der Waals surface area contributed by atoms with Crippen molar-refractivity contribution in [3.8, 4) is 11.5 Å². The van der Waals surface area contributed by atoms with Crippen LogP contribution in [0.5, 0.6) is 11.5 Å². The van der Waals surface area contributed by atoms with E-state index in [-0.39, 0.29) is 23.5 Å². The molecule has 29 heavy (non-hydrogen) atoms. The molecule has 0 aliphatic heterocycles. The molecule has 0 aliphatic rings. The Kier molecular flexibility index (Phi) is 6.22. The second-order valence-electron chi connectivity index (χ2n) is 6.08. The SMILES string of the molecule is O=C(O)c1ccc(COc2ccccc2/C=N/NC(=O)c2cccc(O)c2)cc1. The van der Waals surface area contributed by atoms with Gasteiger partial charge in [0.05, 0.1) is 11.8 Å². The van der Waals surface area contributed by atoms with Crippen molar-refractivity contribution in [3.63, 3.8) is 0 Å². The van der Waals surface area contributed by atoms with E-state index in [0.717, 1.165) is 5.56 Å². The number of para-hydroxylation sites is 1. The summed E-state index contributed by atoms with van der Waals surface area (Å²) >= 11 is 0. The number of amides is 1. The van der Waals surface area contributed by atoms with E-state index < -0.39 is 11.9 Å². The molecule has 3 rings (SSSR count). The van der Waals surface area contributed by atoms with E-state index in [0.29, 0.717) is 11.3 Å². The van der Waals surface area contributed by atoms with Crippen LogP contribution in [0.1, 0.15) is 31.8 Å². The molecule has 7 nitrogen and oxygen atoms in total. The maximum Gasteiger partial charge on any atom is 0.335 e. The van der Waals surface area contributed by atoms with Crippen LogP contribution in [0.25, 0.3) is 0 Å². The van der Waals surface area contributed by atoms with Gasteiger partial charge in [0.2, 0.25) is 0 Å². The monoisotopic (exact) mass is 390 g/mol. The number of hydrogen-bond donors (Lipinski definition) is 3. The summed E-state index contributed by atoms with van der Waals surface area (Å²) in [7, 11) is 0. The number of phenols is 1. The van der Waals surface area contributed by atoms with Gasteiger partial charge in [0.25, 0.3) is 5.91 Å². The Labute approximate surface area is 166 Å². The summed E-state index contributed by atoms with van der Waals surface area (Å²) in [6, 6.07) is 19.6. The third-order valence-electron chi connectivity index (χ3n) is 3.99. The molecule has 0 unspecified atom stereocenters. The van der Waals surface area contributed by atoms with Gasteiger partial charge in [-0.3, -0.25) is 4.79 Å². The number of rotatable bonds is 7. The number of aromatic hydroxyl groups is 1. The highest BCUT2D eigenvalue weighted by Gasteiger charge is 2.06. The molecule has 1 amide bonds. The second-order valence-corrected chi connectivity index (χ2v) is 6.08. The Bertz CT molecular complexity index is 1050. The second kappa shape index (κ2) is 9.18. The van der Waals surface area contributed by atoms with Crippen LogP contribution in [0.4, 0.5) is 0 Å². The number of carboxylic acids is 1. The molecule has 3 aromatic carbocycles. The van der Waals surface area contributed by atoms with Crippen LogP contribution in [0, 0.1) is 0 Å². The lowest BCUT2D eigenvalue weighted by Crippen LogP contribution is -2.17. The summed E-state index contributed by atoms with van der Waals surface area (Å²) in [5, 5.41) is 22.3. The normalized spacial score (nSPS) is 10.6. The van der Waals surface area contributed by atoms with E-state index in [1.54, 1.807) is 36.4 Å². The van der Waals surface area contributed by atoms with Crippen molar-refractivity contribution < 1.29 is 24.5 Å². The van der Waals surface area contributed by atoms with Crippen molar-refractivity contribution in [2.45, 2.75) is 6.61 Å². The molecule has 0 spiro atoms. The summed E-state index contributed by atoms with van der Waals surface area (Å²) < 4.78 is 5.80. The first-order valence-electron chi connectivity index (χ1n) is 8.69. The molecule has 146 valence electrons. The van der Waals surface area contributed by atoms with E-state index in [4.69, 9.17) is 9.84 Å². The van der Waals surface area contributed by atoms with Crippen LogP contribution < -0.4 is 10.2 Å². The maximum atomic E-state index is 12.0. The molecular formula is C22H18N2O5. The Morgan fingerprint density at radius 2 is 1.72 bits per heavy atom. The van der Waals surface area contributed by atoms with Crippen LogP contribution in [0.3, 0.4) is 0 Å². The zero-order valence-corrected chi connectivity index (χ0v) is 15.3. The highest BCUT2D eigenvalue weighted by Crippen LogP contribution is 2.18. The highest BCUT2D eigenvalue weighted by molar-refractivity contribution is 5.95. The molecule has 3 aromatic rings. The van der Waals surface area contributed by atoms with Crippen LogP contribution in [-0.2, 0) is 6.61 Å². The average Bonchev–Trinajstić information content (AvgIpc) is 2.73. The number of carboxylic acid groups (broad SMARTS) is 1. The average molecular weight is 390 g/mol. The highest BCUT2D eigenvalue weighted by atomic mass is 16.5. The summed E-state index contributed by atoms with van der Waals surface area (Å²) in [6.07, 6.45) is 1.46. The molecule has 0 saturated carbocycles. The Hall–Kier alpha value is -4.13. The standard InChI is InChI=1S/C22H18N2O5/c25-19-6-3-5-17(12-19)21(26)24-23-13-18-4-1-2-7-20(18)29-14-15-8-10-16(11-9-15)22(27)28/h1-13,25H,14H2,(H,24,26)(H,27,28)/b23-13+. The largest absolute Gasteiger partial charge is 0.508 e. The van der Waals surface area contributed by atoms with Gasteiger partial charge in [-0.2, -0.15) is 5.10 Å². The summed E-state index contributed by atoms with van der Waals surface area (Å²) in [6.45, 7) is 0.250. The van der Waals surface area contributed by atoms with Gasteiger partial charge in [-0.05, 0) is 48.0 Å². The first-order valence-corrected chi connectivity index (χ1v) is 8.69. The van der Waals surface area contributed by atoms with Crippen LogP contribution in [0.15, 0.2) is 77.9 Å². The fourth-order valence-electron chi connectivity index (χ4n) is 2.50. The fraction of sp³-hybridized carbons (Fsp3) is 0.0455. The minimum Gasteiger partial charge on any atom is -0.508 e. The number of benzene rings is 3. The minimum absolute atomic E-state index is 0.00300. The predicted octanol–water partition coefficient (Wildman–Crippen LogP) is 3.43. The topological polar surface area (TPSA) is 108 Å². The Morgan fingerprint density at radius 1 is 0.966 bits per heavy atom. The number of hydrogen-bond acceptors (Lipinski definition) is 5. The van der Waals surface area contributed by atoms with E-state index in [1.165, 1.54) is 30.5 Å². The molecule has 0 radical (unpaired) electrons. The van der Waals surface area contributed by atoms with Crippen LogP contribution in [0.2, 0.25) is 0 Å². The quantitative estimate of drug-likeness (QED) is 0.423. The zero-order chi connectivity index (χ0) is 20.6. The van der Waals surface area contributed by atoms with Crippen molar-refractivity contribution in [3.05, 3.63) is 95.1 Å². The number of ether oxygens (including phenoxy) is 1. The third kappa shape index (κ3) is 5.43. The Morgan fingerprint density at radius 3 is 2.45 bits per heavy atom. The van der Waals surface area contributed by atoms with E-state index in [1.807, 2.05) is 12.1 Å². The number of nitrogens with one attached hydrogen (secondary N) is 1. The van der Waals surface area contributed by atoms with Gasteiger partial charge in [-0.15, -0.1) is 0 Å². The zero-order valence-electron chi connectivity index (χ0n) is 15.3. The number of carbonyl (C=O) groups is 2. The number of nitrogens with zero attached hydrogens (tertiary/aromatic N) is 1. The van der Waals surface area contributed by atoms with E-state index in [2.05, 4.69) is 10.5 Å². The molecule has 0 heterocycles. The molecule has 7 heteroatoms. The van der Waals surface area contributed by atoms with Gasteiger partial charge in [0.1, 0.15) is 18.1 Å². The van der Waals surface area contributed by atoms with Crippen molar-refractivity contribution in [1.29, 1.82) is 0 Å². The first kappa shape index (κ1) is 19.6. The van der Waals surface area contributed by atoms with Crippen LogP contribution in [-0.4, -0.2) is 28.3 Å². The molecule has 3 N–H and O–H groups in total. The summed E-state index contributed by atoms with van der Waals surface area (Å²) in [4.78, 5) is 23.0. The van der Waals surface area contributed by atoms with Gasteiger partial charge < -0.3 is 14.9 Å². The maximum absolute atomic E-state index is 12.0. The van der Waals surface area contributed by atoms with Gasteiger partial charge in [-0.25, -0.2) is 10.2 Å². The van der Waals surface area contributed by atoms with Gasteiger partial charge in [0, 0.05) is 11.1 Å². The number of phenolic OH excluding ortho intramolecular Hbond substituents is 1. The number of hydrazone groups is 1. The van der Waals surface area contributed by atoms with Gasteiger partial charge in [-0.1, -0.05) is 30.3 Å². The molecule has 0 bridgehead atoms. The fourth-order valence-corrected chi connectivity index (χ4v) is 2.50. The predicted molar refractivity (Wildman–Crippen MR) is 107 cm³/mol. The molecule has 0 atom stereocenters. The number of carbonyl (C=O) groups excluding carboxylic acids is 1. The molecule has 0 aromatic heterocycles.